The molecule has 0 saturated carbocycles. The van der Waals surface area contributed by atoms with Crippen LogP contribution in [0.5, 0.6) is 0 Å². The zero-order valence-corrected chi connectivity index (χ0v) is 11.6. The van der Waals surface area contributed by atoms with Gasteiger partial charge in [0.05, 0.1) is 6.61 Å². The van der Waals surface area contributed by atoms with Gasteiger partial charge in [0.1, 0.15) is 0 Å². The van der Waals surface area contributed by atoms with Gasteiger partial charge in [-0.25, -0.2) is 0 Å². The Morgan fingerprint density at radius 1 is 1.29 bits per heavy atom. The van der Waals surface area contributed by atoms with Crippen LogP contribution >= 0.6 is 0 Å². The van der Waals surface area contributed by atoms with Gasteiger partial charge in [0.2, 0.25) is 5.91 Å². The first-order valence-electron chi connectivity index (χ1n) is 6.52. The average molecular weight is 244 g/mol. The lowest BCUT2D eigenvalue weighted by Gasteiger charge is -2.28. The average Bonchev–Trinajstić information content (AvgIpc) is 2.23. The van der Waals surface area contributed by atoms with Gasteiger partial charge in [-0.05, 0) is 38.6 Å². The summed E-state index contributed by atoms with van der Waals surface area (Å²) in [6.45, 7) is 9.19. The van der Waals surface area contributed by atoms with Crippen LogP contribution in [0.25, 0.3) is 0 Å². The van der Waals surface area contributed by atoms with E-state index in [1.807, 2.05) is 13.8 Å². The van der Waals surface area contributed by atoms with Crippen LogP contribution in [0.4, 0.5) is 0 Å². The quantitative estimate of drug-likeness (QED) is 0.675. The Hall–Kier alpha value is -0.610. The Balaban J connectivity index is 4.35. The maximum absolute atomic E-state index is 12.1. The SMILES string of the molecule is CC(C)C[C@H](CN)CC(=O)N(CCO)C(C)C. The maximum atomic E-state index is 12.1. The van der Waals surface area contributed by atoms with Crippen molar-refractivity contribution in [3.05, 3.63) is 0 Å². The second-order valence-corrected chi connectivity index (χ2v) is 5.34. The molecule has 0 aliphatic heterocycles. The summed E-state index contributed by atoms with van der Waals surface area (Å²) in [4.78, 5) is 13.8. The molecule has 0 aromatic heterocycles. The second-order valence-electron chi connectivity index (χ2n) is 5.34. The number of hydrogen-bond acceptors (Lipinski definition) is 3. The number of carbonyl (C=O) groups is 1. The Morgan fingerprint density at radius 2 is 1.88 bits per heavy atom. The van der Waals surface area contributed by atoms with Crippen LogP contribution in [0.3, 0.4) is 0 Å². The van der Waals surface area contributed by atoms with Gasteiger partial charge in [0.25, 0.3) is 0 Å². The molecule has 17 heavy (non-hydrogen) atoms. The third-order valence-corrected chi connectivity index (χ3v) is 2.89. The lowest BCUT2D eigenvalue weighted by molar-refractivity contribution is -0.134. The highest BCUT2D eigenvalue weighted by atomic mass is 16.3. The Labute approximate surface area is 105 Å². The molecule has 0 fully saturated rings. The highest BCUT2D eigenvalue weighted by molar-refractivity contribution is 5.76. The lowest BCUT2D eigenvalue weighted by Crippen LogP contribution is -2.40. The van der Waals surface area contributed by atoms with Crippen LogP contribution in [0.2, 0.25) is 0 Å². The van der Waals surface area contributed by atoms with Crippen LogP contribution in [0.1, 0.15) is 40.5 Å². The van der Waals surface area contributed by atoms with Gasteiger partial charge in [0, 0.05) is 19.0 Å². The number of amides is 1. The van der Waals surface area contributed by atoms with Gasteiger partial charge in [-0.2, -0.15) is 0 Å². The fraction of sp³-hybridized carbons (Fsp3) is 0.923. The van der Waals surface area contributed by atoms with Crippen LogP contribution in [-0.2, 0) is 4.79 Å². The van der Waals surface area contributed by atoms with Gasteiger partial charge < -0.3 is 15.7 Å². The Morgan fingerprint density at radius 3 is 2.24 bits per heavy atom. The number of rotatable bonds is 8. The summed E-state index contributed by atoms with van der Waals surface area (Å²) < 4.78 is 0. The van der Waals surface area contributed by atoms with E-state index < -0.39 is 0 Å². The van der Waals surface area contributed by atoms with E-state index in [-0.39, 0.29) is 24.5 Å². The highest BCUT2D eigenvalue weighted by Gasteiger charge is 2.20. The van der Waals surface area contributed by atoms with E-state index in [9.17, 15) is 4.79 Å². The molecule has 0 spiro atoms. The molecule has 0 radical (unpaired) electrons. The molecule has 4 nitrogen and oxygen atoms in total. The van der Waals surface area contributed by atoms with Crippen LogP contribution < -0.4 is 5.73 Å². The molecule has 0 heterocycles. The first-order valence-corrected chi connectivity index (χ1v) is 6.52. The molecule has 1 amide bonds. The predicted octanol–water partition coefficient (Wildman–Crippen LogP) is 1.23. The highest BCUT2D eigenvalue weighted by Crippen LogP contribution is 2.16. The first-order chi connectivity index (χ1) is 7.92. The molecule has 0 unspecified atom stereocenters. The minimum Gasteiger partial charge on any atom is -0.395 e. The molecule has 4 heteroatoms. The third kappa shape index (κ3) is 6.64. The lowest BCUT2D eigenvalue weighted by atomic mass is 9.93. The summed E-state index contributed by atoms with van der Waals surface area (Å²) in [5.41, 5.74) is 5.70. The van der Waals surface area contributed by atoms with E-state index in [1.165, 1.54) is 0 Å². The molecular formula is C13H28N2O2. The van der Waals surface area contributed by atoms with Crippen LogP contribution in [-0.4, -0.2) is 41.7 Å². The van der Waals surface area contributed by atoms with Crippen molar-refractivity contribution in [3.8, 4) is 0 Å². The molecule has 1 atom stereocenters. The fourth-order valence-electron chi connectivity index (χ4n) is 2.07. The van der Waals surface area contributed by atoms with Gasteiger partial charge in [-0.15, -0.1) is 0 Å². The van der Waals surface area contributed by atoms with Crippen LogP contribution in [0.15, 0.2) is 0 Å². The molecule has 0 saturated heterocycles. The van der Waals surface area contributed by atoms with Crippen molar-refractivity contribution in [1.82, 2.24) is 4.90 Å². The van der Waals surface area contributed by atoms with Crippen molar-refractivity contribution in [2.75, 3.05) is 19.7 Å². The molecule has 0 aromatic carbocycles. The molecule has 0 aliphatic carbocycles. The summed E-state index contributed by atoms with van der Waals surface area (Å²) in [7, 11) is 0. The molecule has 0 rings (SSSR count). The molecular weight excluding hydrogens is 216 g/mol. The summed E-state index contributed by atoms with van der Waals surface area (Å²) in [5.74, 6) is 0.911. The number of nitrogens with zero attached hydrogens (tertiary/aromatic N) is 1. The second kappa shape index (κ2) is 8.48. The summed E-state index contributed by atoms with van der Waals surface area (Å²) in [5, 5.41) is 8.95. The third-order valence-electron chi connectivity index (χ3n) is 2.89. The van der Waals surface area contributed by atoms with Gasteiger partial charge in [0.15, 0.2) is 0 Å². The fourth-order valence-corrected chi connectivity index (χ4v) is 2.07. The maximum Gasteiger partial charge on any atom is 0.223 e. The molecule has 0 aromatic rings. The van der Waals surface area contributed by atoms with E-state index in [1.54, 1.807) is 4.90 Å². The van der Waals surface area contributed by atoms with Crippen molar-refractivity contribution in [2.24, 2.45) is 17.6 Å². The van der Waals surface area contributed by atoms with E-state index in [0.717, 1.165) is 6.42 Å². The van der Waals surface area contributed by atoms with Crippen molar-refractivity contribution >= 4 is 5.91 Å². The van der Waals surface area contributed by atoms with Crippen molar-refractivity contribution in [1.29, 1.82) is 0 Å². The number of aliphatic hydroxyl groups excluding tert-OH is 1. The molecule has 0 aliphatic rings. The van der Waals surface area contributed by atoms with Gasteiger partial charge in [-0.3, -0.25) is 4.79 Å². The molecule has 3 N–H and O–H groups in total. The number of carbonyl (C=O) groups excluding carboxylic acids is 1. The smallest absolute Gasteiger partial charge is 0.223 e. The normalized spacial score (nSPS) is 13.2. The van der Waals surface area contributed by atoms with E-state index in [4.69, 9.17) is 10.8 Å². The van der Waals surface area contributed by atoms with E-state index in [2.05, 4.69) is 13.8 Å². The molecule has 102 valence electrons. The van der Waals surface area contributed by atoms with Gasteiger partial charge in [-0.1, -0.05) is 13.8 Å². The van der Waals surface area contributed by atoms with Crippen LogP contribution in [0, 0.1) is 11.8 Å². The first kappa shape index (κ1) is 16.4. The topological polar surface area (TPSA) is 66.6 Å². The standard InChI is InChI=1S/C13H28N2O2/c1-10(2)7-12(9-14)8-13(17)15(5-6-16)11(3)4/h10-12,16H,5-9,14H2,1-4H3/t12-/m0/s1. The number of aliphatic hydroxyl groups is 1. The van der Waals surface area contributed by atoms with E-state index in [0.29, 0.717) is 25.4 Å². The predicted molar refractivity (Wildman–Crippen MR) is 70.6 cm³/mol. The molecule has 0 bridgehead atoms. The minimum absolute atomic E-state index is 0.0153. The Bertz CT molecular complexity index is 217. The van der Waals surface area contributed by atoms with Crippen molar-refractivity contribution in [3.63, 3.8) is 0 Å². The number of hydrogen-bond donors (Lipinski definition) is 2. The summed E-state index contributed by atoms with van der Waals surface area (Å²) in [6.07, 6.45) is 1.47. The van der Waals surface area contributed by atoms with Gasteiger partial charge >= 0.3 is 0 Å². The number of nitrogens with two attached hydrogens (primary N) is 1. The monoisotopic (exact) mass is 244 g/mol. The zero-order chi connectivity index (χ0) is 13.4. The summed E-state index contributed by atoms with van der Waals surface area (Å²) in [6, 6.07) is 0.132. The Kier molecular flexibility index (Phi) is 8.17. The summed E-state index contributed by atoms with van der Waals surface area (Å²) >= 11 is 0. The van der Waals surface area contributed by atoms with E-state index >= 15 is 0 Å². The largest absolute Gasteiger partial charge is 0.395 e. The minimum atomic E-state index is 0.0153. The zero-order valence-electron chi connectivity index (χ0n) is 11.6. The van der Waals surface area contributed by atoms with Crippen molar-refractivity contribution in [2.45, 2.75) is 46.6 Å². The van der Waals surface area contributed by atoms with Crippen molar-refractivity contribution < 1.29 is 9.90 Å².